The van der Waals surface area contributed by atoms with Gasteiger partial charge in [0.05, 0.1) is 5.71 Å². The van der Waals surface area contributed by atoms with E-state index in [1.54, 1.807) is 6.07 Å². The predicted molar refractivity (Wildman–Crippen MR) is 76.7 cm³/mol. The monoisotopic (exact) mass is 275 g/mol. The lowest BCUT2D eigenvalue weighted by molar-refractivity contribution is 0.318. The maximum Gasteiger partial charge on any atom is 0.137 e. The second-order valence-electron chi connectivity index (χ2n) is 4.06. The van der Waals surface area contributed by atoms with Gasteiger partial charge in [0.25, 0.3) is 0 Å². The molecule has 0 aliphatic rings. The fourth-order valence-corrected chi connectivity index (χ4v) is 2.30. The van der Waals surface area contributed by atoms with E-state index >= 15 is 0 Å². The Kier molecular flexibility index (Phi) is 4.58. The summed E-state index contributed by atoms with van der Waals surface area (Å²) >= 11 is 1.37. The van der Waals surface area contributed by atoms with Crippen LogP contribution in [0.25, 0.3) is 0 Å². The summed E-state index contributed by atoms with van der Waals surface area (Å²) in [6.07, 6.45) is 2.23. The molecule has 0 unspecified atom stereocenters. The summed E-state index contributed by atoms with van der Waals surface area (Å²) in [5.74, 6) is -0.240. The summed E-state index contributed by atoms with van der Waals surface area (Å²) < 4.78 is 13.7. The normalized spacial score (nSPS) is 11.6. The topological polar surface area (TPSA) is 32.6 Å². The third-order valence-electron chi connectivity index (χ3n) is 2.82. The highest BCUT2D eigenvalue weighted by atomic mass is 32.2. The first-order chi connectivity index (χ1) is 9.24. The minimum Gasteiger partial charge on any atom is -0.411 e. The van der Waals surface area contributed by atoms with Crippen LogP contribution < -0.4 is 0 Å². The Morgan fingerprint density at radius 3 is 2.53 bits per heavy atom. The molecule has 2 nitrogen and oxygen atoms in total. The summed E-state index contributed by atoms with van der Waals surface area (Å²) in [6.45, 7) is 0. The molecule has 0 atom stereocenters. The highest BCUT2D eigenvalue weighted by molar-refractivity contribution is 7.98. The minimum absolute atomic E-state index is 0.240. The molecule has 2 aromatic carbocycles. The van der Waals surface area contributed by atoms with Gasteiger partial charge in [0, 0.05) is 11.3 Å². The fraction of sp³-hybridized carbons (Fsp3) is 0.133. The Bertz CT molecular complexity index is 584. The quantitative estimate of drug-likeness (QED) is 0.396. The molecule has 0 spiro atoms. The van der Waals surface area contributed by atoms with Crippen molar-refractivity contribution in [2.75, 3.05) is 6.26 Å². The lowest BCUT2D eigenvalue weighted by atomic mass is 10.0. The average Bonchev–Trinajstić information content (AvgIpc) is 2.46. The van der Waals surface area contributed by atoms with Crippen LogP contribution in [0.5, 0.6) is 0 Å². The van der Waals surface area contributed by atoms with E-state index in [0.29, 0.717) is 17.0 Å². The molecule has 4 heteroatoms. The van der Waals surface area contributed by atoms with Crippen molar-refractivity contribution in [3.05, 3.63) is 65.5 Å². The van der Waals surface area contributed by atoms with Gasteiger partial charge in [0.15, 0.2) is 0 Å². The van der Waals surface area contributed by atoms with Gasteiger partial charge in [-0.3, -0.25) is 0 Å². The van der Waals surface area contributed by atoms with Gasteiger partial charge in [-0.25, -0.2) is 4.39 Å². The number of nitrogens with zero attached hydrogens (tertiary/aromatic N) is 1. The van der Waals surface area contributed by atoms with Crippen LogP contribution in [0.1, 0.15) is 11.1 Å². The van der Waals surface area contributed by atoms with Gasteiger partial charge in [-0.05, 0) is 29.5 Å². The van der Waals surface area contributed by atoms with Crippen molar-refractivity contribution in [3.63, 3.8) is 0 Å². The highest BCUT2D eigenvalue weighted by Gasteiger charge is 2.08. The molecular weight excluding hydrogens is 261 g/mol. The molecule has 19 heavy (non-hydrogen) atoms. The zero-order valence-corrected chi connectivity index (χ0v) is 11.3. The van der Waals surface area contributed by atoms with Gasteiger partial charge in [0.1, 0.15) is 5.82 Å². The van der Waals surface area contributed by atoms with E-state index < -0.39 is 0 Å². The molecule has 2 rings (SSSR count). The number of oxime groups is 1. The third-order valence-corrected chi connectivity index (χ3v) is 3.59. The number of hydrogen-bond acceptors (Lipinski definition) is 3. The van der Waals surface area contributed by atoms with Gasteiger partial charge in [-0.15, -0.1) is 11.8 Å². The van der Waals surface area contributed by atoms with Crippen molar-refractivity contribution in [2.45, 2.75) is 11.3 Å². The molecule has 98 valence electrons. The van der Waals surface area contributed by atoms with E-state index in [4.69, 9.17) is 5.21 Å². The summed E-state index contributed by atoms with van der Waals surface area (Å²) in [5, 5.41) is 12.4. The summed E-state index contributed by atoms with van der Waals surface area (Å²) in [4.78, 5) is 0.617. The molecule has 0 aromatic heterocycles. The van der Waals surface area contributed by atoms with E-state index in [1.807, 2.05) is 42.7 Å². The largest absolute Gasteiger partial charge is 0.411 e. The van der Waals surface area contributed by atoms with Crippen molar-refractivity contribution in [1.82, 2.24) is 0 Å². The van der Waals surface area contributed by atoms with Crippen LogP contribution in [-0.2, 0) is 6.42 Å². The van der Waals surface area contributed by atoms with Crippen molar-refractivity contribution in [3.8, 4) is 0 Å². The van der Waals surface area contributed by atoms with E-state index in [-0.39, 0.29) is 5.82 Å². The number of halogens is 1. The third kappa shape index (κ3) is 3.35. The lowest BCUT2D eigenvalue weighted by Crippen LogP contribution is -2.05. The fourth-order valence-electron chi connectivity index (χ4n) is 1.84. The molecule has 0 fully saturated rings. The van der Waals surface area contributed by atoms with Crippen LogP contribution in [0.3, 0.4) is 0 Å². The van der Waals surface area contributed by atoms with Gasteiger partial charge in [0.2, 0.25) is 0 Å². The van der Waals surface area contributed by atoms with E-state index in [2.05, 4.69) is 5.16 Å². The van der Waals surface area contributed by atoms with Crippen molar-refractivity contribution in [2.24, 2.45) is 5.16 Å². The molecular formula is C15H14FNOS. The van der Waals surface area contributed by atoms with Crippen LogP contribution in [0, 0.1) is 5.82 Å². The molecule has 1 N–H and O–H groups in total. The maximum absolute atomic E-state index is 13.7. The first-order valence-electron chi connectivity index (χ1n) is 5.83. The van der Waals surface area contributed by atoms with Gasteiger partial charge in [-0.1, -0.05) is 41.6 Å². The molecule has 0 aliphatic carbocycles. The van der Waals surface area contributed by atoms with Crippen molar-refractivity contribution >= 4 is 17.5 Å². The molecule has 0 amide bonds. The number of thioether (sulfide) groups is 1. The molecule has 0 saturated carbocycles. The van der Waals surface area contributed by atoms with Crippen LogP contribution in [0.15, 0.2) is 58.6 Å². The van der Waals surface area contributed by atoms with Gasteiger partial charge < -0.3 is 5.21 Å². The summed E-state index contributed by atoms with van der Waals surface area (Å²) in [5.41, 5.74) is 2.14. The first kappa shape index (κ1) is 13.6. The second kappa shape index (κ2) is 6.38. The van der Waals surface area contributed by atoms with Crippen molar-refractivity contribution < 1.29 is 9.60 Å². The molecule has 0 heterocycles. The number of benzene rings is 2. The highest BCUT2D eigenvalue weighted by Crippen LogP contribution is 2.20. The molecule has 0 saturated heterocycles. The Balaban J connectivity index is 2.23. The summed E-state index contributed by atoms with van der Waals surface area (Å²) in [6, 6.07) is 14.4. The second-order valence-corrected chi connectivity index (χ2v) is 4.91. The molecule has 0 aliphatic heterocycles. The SMILES string of the molecule is CSc1ccc(C/C(=N/O)c2ccccc2)cc1F. The van der Waals surface area contributed by atoms with Crippen LogP contribution in [0.2, 0.25) is 0 Å². The Morgan fingerprint density at radius 2 is 1.95 bits per heavy atom. The zero-order valence-electron chi connectivity index (χ0n) is 10.5. The molecule has 2 aromatic rings. The van der Waals surface area contributed by atoms with Crippen LogP contribution in [0.4, 0.5) is 4.39 Å². The van der Waals surface area contributed by atoms with E-state index in [0.717, 1.165) is 11.1 Å². The Labute approximate surface area is 116 Å². The number of rotatable bonds is 4. The smallest absolute Gasteiger partial charge is 0.137 e. The zero-order chi connectivity index (χ0) is 13.7. The van der Waals surface area contributed by atoms with Crippen LogP contribution in [-0.4, -0.2) is 17.2 Å². The van der Waals surface area contributed by atoms with E-state index in [9.17, 15) is 4.39 Å². The Hall–Kier alpha value is -1.81. The van der Waals surface area contributed by atoms with Gasteiger partial charge >= 0.3 is 0 Å². The average molecular weight is 275 g/mol. The lowest BCUT2D eigenvalue weighted by Gasteiger charge is -2.06. The molecule has 0 bridgehead atoms. The first-order valence-corrected chi connectivity index (χ1v) is 7.06. The van der Waals surface area contributed by atoms with Crippen molar-refractivity contribution in [1.29, 1.82) is 0 Å². The predicted octanol–water partition coefficient (Wildman–Crippen LogP) is 3.97. The standard InChI is InChI=1S/C15H14FNOS/c1-19-15-8-7-11(9-13(15)16)10-14(17-18)12-5-3-2-4-6-12/h2-9,18H,10H2,1H3/b17-14-. The van der Waals surface area contributed by atoms with Gasteiger partial charge in [-0.2, -0.15) is 0 Å². The summed E-state index contributed by atoms with van der Waals surface area (Å²) in [7, 11) is 0. The maximum atomic E-state index is 13.7. The molecule has 0 radical (unpaired) electrons. The number of hydrogen-bond donors (Lipinski definition) is 1. The Morgan fingerprint density at radius 1 is 1.21 bits per heavy atom. The minimum atomic E-state index is -0.240. The van der Waals surface area contributed by atoms with Crippen LogP contribution >= 0.6 is 11.8 Å². The van der Waals surface area contributed by atoms with E-state index in [1.165, 1.54) is 17.8 Å².